The van der Waals surface area contributed by atoms with Crippen molar-refractivity contribution in [3.05, 3.63) is 33.4 Å². The van der Waals surface area contributed by atoms with Gasteiger partial charge >= 0.3 is 7.82 Å². The lowest BCUT2D eigenvalue weighted by Gasteiger charge is -2.29. The molecule has 33 heavy (non-hydrogen) atoms. The smallest absolute Gasteiger partial charge is 0.329 e. The fourth-order valence-electron chi connectivity index (χ4n) is 4.32. The van der Waals surface area contributed by atoms with Gasteiger partial charge in [0.15, 0.2) is 0 Å². The molecule has 0 spiro atoms. The molecule has 1 unspecified atom stereocenters. The molecular weight excluding hydrogens is 548 g/mol. The number of likely N-dealkylation sites (N-methyl/N-ethyl adjacent to an activating group) is 1. The number of quaternary nitrogens is 1. The van der Waals surface area contributed by atoms with Gasteiger partial charge in [-0.05, 0) is 53.5 Å². The first-order valence-corrected chi connectivity index (χ1v) is 15.5. The second-order valence-electron chi connectivity index (χ2n) is 10.4. The molecular formula is C26H48INO4P+. The Bertz CT molecular complexity index is 675. The number of phosphoric ester groups is 1. The maximum absolute atomic E-state index is 11.2. The summed E-state index contributed by atoms with van der Waals surface area (Å²) in [6, 6.07) is 8.71. The minimum Gasteiger partial charge on any atom is -0.329 e. The molecule has 0 heterocycles. The molecule has 0 saturated heterocycles. The Morgan fingerprint density at radius 1 is 0.818 bits per heavy atom. The second kappa shape index (κ2) is 17.4. The van der Waals surface area contributed by atoms with Crippen LogP contribution in [0.3, 0.4) is 0 Å². The van der Waals surface area contributed by atoms with Crippen LogP contribution in [0.5, 0.6) is 0 Å². The van der Waals surface area contributed by atoms with E-state index in [-0.39, 0.29) is 6.10 Å². The number of rotatable bonds is 20. The van der Waals surface area contributed by atoms with E-state index in [0.717, 1.165) is 12.8 Å². The molecule has 0 aliphatic heterocycles. The zero-order valence-corrected chi connectivity index (χ0v) is 24.2. The van der Waals surface area contributed by atoms with Crippen molar-refractivity contribution >= 4 is 30.4 Å². The highest BCUT2D eigenvalue weighted by Crippen LogP contribution is 2.39. The van der Waals surface area contributed by atoms with Crippen molar-refractivity contribution in [3.63, 3.8) is 0 Å². The molecule has 5 nitrogen and oxygen atoms in total. The quantitative estimate of drug-likeness (QED) is 0.0709. The molecule has 0 amide bonds. The molecule has 1 rings (SSSR count). The van der Waals surface area contributed by atoms with Crippen LogP contribution in [0.2, 0.25) is 0 Å². The highest BCUT2D eigenvalue weighted by molar-refractivity contribution is 14.1. The predicted molar refractivity (Wildman–Crippen MR) is 147 cm³/mol. The van der Waals surface area contributed by atoms with Crippen molar-refractivity contribution in [1.82, 2.24) is 0 Å². The fraction of sp³-hybridized carbons (Fsp3) is 0.769. The monoisotopic (exact) mass is 596 g/mol. The summed E-state index contributed by atoms with van der Waals surface area (Å²) < 4.78 is 18.2. The van der Waals surface area contributed by atoms with Crippen molar-refractivity contribution in [2.75, 3.05) is 27.7 Å². The summed E-state index contributed by atoms with van der Waals surface area (Å²) in [5.41, 5.74) is 1.50. The molecule has 0 radical (unpaired) electrons. The summed E-state index contributed by atoms with van der Waals surface area (Å²) >= 11 is 2.44. The van der Waals surface area contributed by atoms with Gasteiger partial charge in [0, 0.05) is 3.57 Å². The summed E-state index contributed by atoms with van der Waals surface area (Å²) in [6.45, 7) is 0.609. The van der Waals surface area contributed by atoms with Gasteiger partial charge < -0.3 is 14.3 Å². The molecule has 0 fully saturated rings. The van der Waals surface area contributed by atoms with Crippen LogP contribution in [0.15, 0.2) is 24.3 Å². The van der Waals surface area contributed by atoms with Crippen LogP contribution in [0.1, 0.15) is 95.5 Å². The molecule has 0 aliphatic carbocycles. The van der Waals surface area contributed by atoms with Crippen LogP contribution in [-0.2, 0) is 15.5 Å². The first kappa shape index (κ1) is 31.1. The van der Waals surface area contributed by atoms with Gasteiger partial charge in [0.05, 0.1) is 21.1 Å². The van der Waals surface area contributed by atoms with Crippen molar-refractivity contribution in [2.45, 2.75) is 102 Å². The van der Waals surface area contributed by atoms with Crippen LogP contribution < -0.4 is 0 Å². The zero-order valence-electron chi connectivity index (χ0n) is 21.2. The second-order valence-corrected chi connectivity index (χ2v) is 12.8. The average Bonchev–Trinajstić information content (AvgIpc) is 2.69. The number of halogens is 1. The number of nitrogens with zero attached hydrogens (tertiary/aromatic N) is 1. The SMILES string of the molecule is C[N+](C)(C)CC(CCCCCCCCCCCCCCCc1ccccc1I)OP(=O)(O)O. The zero-order chi connectivity index (χ0) is 24.6. The molecule has 7 heteroatoms. The van der Waals surface area contributed by atoms with E-state index in [1.165, 1.54) is 86.2 Å². The first-order chi connectivity index (χ1) is 15.6. The number of benzene rings is 1. The fourth-order valence-corrected chi connectivity index (χ4v) is 5.53. The predicted octanol–water partition coefficient (Wildman–Crippen LogP) is 7.48. The van der Waals surface area contributed by atoms with Crippen LogP contribution in [0.25, 0.3) is 0 Å². The Balaban J connectivity index is 1.92. The van der Waals surface area contributed by atoms with Crippen molar-refractivity contribution in [2.24, 2.45) is 0 Å². The van der Waals surface area contributed by atoms with E-state index in [4.69, 9.17) is 14.3 Å². The molecule has 1 aromatic rings. The van der Waals surface area contributed by atoms with Crippen LogP contribution in [0.4, 0.5) is 0 Å². The molecule has 0 bridgehead atoms. The van der Waals surface area contributed by atoms with Gasteiger partial charge in [-0.3, -0.25) is 4.52 Å². The molecule has 0 aliphatic rings. The normalized spacial score (nSPS) is 13.4. The Hall–Kier alpha value is 0.0200. The highest BCUT2D eigenvalue weighted by atomic mass is 127. The van der Waals surface area contributed by atoms with Gasteiger partial charge in [0.1, 0.15) is 12.6 Å². The lowest BCUT2D eigenvalue weighted by Crippen LogP contribution is -2.42. The summed E-state index contributed by atoms with van der Waals surface area (Å²) in [5, 5.41) is 0. The topological polar surface area (TPSA) is 66.8 Å². The van der Waals surface area contributed by atoms with Crippen molar-refractivity contribution in [3.8, 4) is 0 Å². The number of hydrogen-bond acceptors (Lipinski definition) is 2. The lowest BCUT2D eigenvalue weighted by molar-refractivity contribution is -0.873. The van der Waals surface area contributed by atoms with E-state index >= 15 is 0 Å². The van der Waals surface area contributed by atoms with Gasteiger partial charge in [-0.1, -0.05) is 95.2 Å². The van der Waals surface area contributed by atoms with Gasteiger partial charge in [0.2, 0.25) is 0 Å². The van der Waals surface area contributed by atoms with E-state index in [1.54, 1.807) is 0 Å². The van der Waals surface area contributed by atoms with Crippen LogP contribution >= 0.6 is 30.4 Å². The maximum atomic E-state index is 11.2. The Morgan fingerprint density at radius 3 is 1.73 bits per heavy atom. The van der Waals surface area contributed by atoms with Crippen molar-refractivity contribution in [1.29, 1.82) is 0 Å². The number of unbranched alkanes of at least 4 members (excludes halogenated alkanes) is 12. The Morgan fingerprint density at radius 2 is 1.27 bits per heavy atom. The maximum Gasteiger partial charge on any atom is 0.470 e. The average molecular weight is 597 g/mol. The highest BCUT2D eigenvalue weighted by Gasteiger charge is 2.26. The minimum atomic E-state index is -4.42. The van der Waals surface area contributed by atoms with E-state index in [9.17, 15) is 4.57 Å². The Labute approximate surface area is 216 Å². The van der Waals surface area contributed by atoms with E-state index in [1.807, 2.05) is 21.1 Å². The molecule has 1 aromatic carbocycles. The standard InChI is InChI=1S/C26H47INO4P/c1-28(2,3)23-25(32-33(29,30)31)21-16-14-12-10-8-6-4-5-7-9-11-13-15-19-24-20-17-18-22-26(24)27/h17-18,20,22,25H,4-16,19,21,23H2,1-3H3,(H-,29,30,31)/p+1. The summed E-state index contributed by atoms with van der Waals surface area (Å²) in [6.07, 6.45) is 18.2. The Kier molecular flexibility index (Phi) is 16.4. The van der Waals surface area contributed by atoms with Gasteiger partial charge in [-0.25, -0.2) is 4.57 Å². The molecule has 192 valence electrons. The number of phosphoric acid groups is 1. The molecule has 2 N–H and O–H groups in total. The van der Waals surface area contributed by atoms with Crippen molar-refractivity contribution < 1.29 is 23.4 Å². The van der Waals surface area contributed by atoms with Crippen LogP contribution in [0, 0.1) is 3.57 Å². The minimum absolute atomic E-state index is 0.382. The van der Waals surface area contributed by atoms with E-state index < -0.39 is 7.82 Å². The van der Waals surface area contributed by atoms with Gasteiger partial charge in [0.25, 0.3) is 0 Å². The summed E-state index contributed by atoms with van der Waals surface area (Å²) in [5.74, 6) is 0. The molecule has 0 aromatic heterocycles. The number of hydrogen-bond donors (Lipinski definition) is 2. The third-order valence-corrected chi connectivity index (χ3v) is 7.59. The summed E-state index contributed by atoms with van der Waals surface area (Å²) in [4.78, 5) is 18.3. The third-order valence-electron chi connectivity index (χ3n) is 5.97. The van der Waals surface area contributed by atoms with Gasteiger partial charge in [-0.15, -0.1) is 0 Å². The first-order valence-electron chi connectivity index (χ1n) is 12.8. The number of aryl methyl sites for hydroxylation is 1. The van der Waals surface area contributed by atoms with Gasteiger partial charge in [-0.2, -0.15) is 0 Å². The largest absolute Gasteiger partial charge is 0.470 e. The van der Waals surface area contributed by atoms with E-state index in [2.05, 4.69) is 46.9 Å². The van der Waals surface area contributed by atoms with Crippen LogP contribution in [-0.4, -0.2) is 48.1 Å². The summed E-state index contributed by atoms with van der Waals surface area (Å²) in [7, 11) is 1.63. The third kappa shape index (κ3) is 19.0. The molecule has 0 saturated carbocycles. The lowest BCUT2D eigenvalue weighted by atomic mass is 10.0. The molecule has 1 atom stereocenters. The van der Waals surface area contributed by atoms with E-state index in [0.29, 0.717) is 17.4 Å².